The quantitative estimate of drug-likeness (QED) is 0.442. The van der Waals surface area contributed by atoms with E-state index >= 15 is 0 Å². The molecule has 0 saturated heterocycles. The maximum Gasteiger partial charge on any atom is 0.416 e. The number of halogens is 3. The van der Waals surface area contributed by atoms with Gasteiger partial charge in [0, 0.05) is 5.56 Å². The third-order valence-corrected chi connectivity index (χ3v) is 4.29. The number of hydrogen-bond acceptors (Lipinski definition) is 3. The summed E-state index contributed by atoms with van der Waals surface area (Å²) in [4.78, 5) is 12.1. The van der Waals surface area contributed by atoms with Gasteiger partial charge in [0.1, 0.15) is 5.75 Å². The fraction of sp³-hybridized carbons (Fsp3) is 0.130. The molecular formula is C23H19F3N2O2. The summed E-state index contributed by atoms with van der Waals surface area (Å²) in [6.45, 7) is 1.23. The number of amides is 1. The molecule has 0 aromatic heterocycles. The van der Waals surface area contributed by atoms with E-state index < -0.39 is 17.6 Å². The van der Waals surface area contributed by atoms with Gasteiger partial charge >= 0.3 is 6.18 Å². The first kappa shape index (κ1) is 21.1. The molecule has 3 aromatic rings. The third kappa shape index (κ3) is 5.47. The van der Waals surface area contributed by atoms with Crippen molar-refractivity contribution in [3.8, 4) is 16.9 Å². The Labute approximate surface area is 172 Å². The van der Waals surface area contributed by atoms with Gasteiger partial charge in [-0.15, -0.1) is 0 Å². The fourth-order valence-electron chi connectivity index (χ4n) is 2.76. The van der Waals surface area contributed by atoms with Gasteiger partial charge in [-0.3, -0.25) is 4.79 Å². The van der Waals surface area contributed by atoms with Crippen LogP contribution in [0, 0.1) is 0 Å². The highest BCUT2D eigenvalue weighted by Crippen LogP contribution is 2.30. The first-order chi connectivity index (χ1) is 14.3. The van der Waals surface area contributed by atoms with Gasteiger partial charge in [0.25, 0.3) is 5.91 Å². The number of para-hydroxylation sites is 1. The second-order valence-electron chi connectivity index (χ2n) is 6.46. The smallest absolute Gasteiger partial charge is 0.416 e. The molecule has 0 aliphatic rings. The first-order valence-electron chi connectivity index (χ1n) is 9.12. The van der Waals surface area contributed by atoms with Crippen LogP contribution in [0.15, 0.2) is 84.0 Å². The molecule has 30 heavy (non-hydrogen) atoms. The number of hydrazone groups is 1. The first-order valence-corrected chi connectivity index (χ1v) is 9.12. The lowest BCUT2D eigenvalue weighted by Gasteiger charge is -2.11. The molecule has 0 fully saturated rings. The van der Waals surface area contributed by atoms with E-state index in [0.717, 1.165) is 23.3 Å². The van der Waals surface area contributed by atoms with Gasteiger partial charge in [-0.05, 0) is 36.2 Å². The number of alkyl halides is 3. The van der Waals surface area contributed by atoms with Gasteiger partial charge in [0.2, 0.25) is 0 Å². The Balaban J connectivity index is 1.64. The third-order valence-electron chi connectivity index (χ3n) is 4.29. The van der Waals surface area contributed by atoms with Crippen LogP contribution >= 0.6 is 0 Å². The summed E-state index contributed by atoms with van der Waals surface area (Å²) in [7, 11) is 0. The zero-order valence-electron chi connectivity index (χ0n) is 16.1. The predicted molar refractivity (Wildman–Crippen MR) is 109 cm³/mol. The van der Waals surface area contributed by atoms with Crippen LogP contribution in [-0.2, 0) is 11.0 Å². The summed E-state index contributed by atoms with van der Waals surface area (Å²) < 4.78 is 44.1. The van der Waals surface area contributed by atoms with Crippen LogP contribution in [0.3, 0.4) is 0 Å². The van der Waals surface area contributed by atoms with Gasteiger partial charge in [0.15, 0.2) is 6.61 Å². The standard InChI is InChI=1S/C23H19F3N2O2/c1-16(18-10-7-11-19(14-18)23(24,25)26)27-28-22(29)15-30-21-13-6-5-12-20(21)17-8-3-2-4-9-17/h2-14H,15H2,1H3,(H,28,29)/b27-16-. The van der Waals surface area contributed by atoms with Crippen molar-refractivity contribution in [3.63, 3.8) is 0 Å². The van der Waals surface area contributed by atoms with E-state index in [1.54, 1.807) is 12.1 Å². The Morgan fingerprint density at radius 3 is 2.40 bits per heavy atom. The molecule has 4 nitrogen and oxygen atoms in total. The summed E-state index contributed by atoms with van der Waals surface area (Å²) in [6, 6.07) is 21.7. The number of carbonyl (C=O) groups excluding carboxylic acids is 1. The second-order valence-corrected chi connectivity index (χ2v) is 6.46. The average molecular weight is 412 g/mol. The summed E-state index contributed by atoms with van der Waals surface area (Å²) in [5.74, 6) is 0.0154. The second kappa shape index (κ2) is 9.26. The molecule has 0 unspecified atom stereocenters. The molecule has 0 radical (unpaired) electrons. The molecule has 0 bridgehead atoms. The van der Waals surface area contributed by atoms with Crippen molar-refractivity contribution in [1.29, 1.82) is 0 Å². The number of hydrogen-bond donors (Lipinski definition) is 1. The van der Waals surface area contributed by atoms with E-state index in [9.17, 15) is 18.0 Å². The van der Waals surface area contributed by atoms with Crippen LogP contribution in [0.2, 0.25) is 0 Å². The lowest BCUT2D eigenvalue weighted by molar-refractivity contribution is -0.137. The zero-order valence-corrected chi connectivity index (χ0v) is 16.1. The number of benzene rings is 3. The molecule has 1 N–H and O–H groups in total. The number of rotatable bonds is 6. The minimum atomic E-state index is -4.44. The summed E-state index contributed by atoms with van der Waals surface area (Å²) in [5.41, 5.74) is 3.84. The fourth-order valence-corrected chi connectivity index (χ4v) is 2.76. The summed E-state index contributed by atoms with van der Waals surface area (Å²) >= 11 is 0. The van der Waals surface area contributed by atoms with Crippen molar-refractivity contribution in [2.24, 2.45) is 5.10 Å². The van der Waals surface area contributed by atoms with E-state index in [4.69, 9.17) is 4.74 Å². The van der Waals surface area contributed by atoms with Gasteiger partial charge in [0.05, 0.1) is 11.3 Å². The molecule has 0 saturated carbocycles. The van der Waals surface area contributed by atoms with E-state index in [0.29, 0.717) is 5.75 Å². The van der Waals surface area contributed by atoms with Crippen LogP contribution in [0.4, 0.5) is 13.2 Å². The molecule has 0 heterocycles. The Hall–Kier alpha value is -3.61. The van der Waals surface area contributed by atoms with Crippen molar-refractivity contribution in [2.75, 3.05) is 6.61 Å². The molecule has 154 valence electrons. The molecule has 0 spiro atoms. The maximum atomic E-state index is 12.8. The van der Waals surface area contributed by atoms with Crippen molar-refractivity contribution < 1.29 is 22.7 Å². The monoisotopic (exact) mass is 412 g/mol. The van der Waals surface area contributed by atoms with Crippen molar-refractivity contribution in [1.82, 2.24) is 5.43 Å². The SMILES string of the molecule is C/C(=N/NC(=O)COc1ccccc1-c1ccccc1)c1cccc(C(F)(F)F)c1. The van der Waals surface area contributed by atoms with Gasteiger partial charge in [-0.2, -0.15) is 18.3 Å². The van der Waals surface area contributed by atoms with E-state index in [-0.39, 0.29) is 17.9 Å². The molecular weight excluding hydrogens is 393 g/mol. The van der Waals surface area contributed by atoms with Crippen molar-refractivity contribution >= 4 is 11.6 Å². The topological polar surface area (TPSA) is 50.7 Å². The highest BCUT2D eigenvalue weighted by atomic mass is 19.4. The lowest BCUT2D eigenvalue weighted by atomic mass is 10.1. The molecule has 1 amide bonds. The molecule has 0 aliphatic carbocycles. The lowest BCUT2D eigenvalue weighted by Crippen LogP contribution is -2.25. The molecule has 0 atom stereocenters. The highest BCUT2D eigenvalue weighted by molar-refractivity contribution is 5.99. The summed E-state index contributed by atoms with van der Waals surface area (Å²) in [5, 5.41) is 3.88. The van der Waals surface area contributed by atoms with E-state index in [2.05, 4.69) is 10.5 Å². The van der Waals surface area contributed by atoms with Crippen LogP contribution in [0.5, 0.6) is 5.75 Å². The Bertz CT molecular complexity index is 1050. The molecule has 7 heteroatoms. The van der Waals surface area contributed by atoms with E-state index in [1.165, 1.54) is 19.1 Å². The molecule has 0 aliphatic heterocycles. The minimum Gasteiger partial charge on any atom is -0.483 e. The Morgan fingerprint density at radius 2 is 1.67 bits per heavy atom. The van der Waals surface area contributed by atoms with Crippen LogP contribution in [-0.4, -0.2) is 18.2 Å². The van der Waals surface area contributed by atoms with Gasteiger partial charge < -0.3 is 4.74 Å². The van der Waals surface area contributed by atoms with Crippen molar-refractivity contribution in [2.45, 2.75) is 13.1 Å². The Morgan fingerprint density at radius 1 is 0.967 bits per heavy atom. The van der Waals surface area contributed by atoms with Crippen LogP contribution < -0.4 is 10.2 Å². The predicted octanol–water partition coefficient (Wildman–Crippen LogP) is 5.29. The highest BCUT2D eigenvalue weighted by Gasteiger charge is 2.30. The number of nitrogens with zero attached hydrogens (tertiary/aromatic N) is 1. The molecule has 3 rings (SSSR count). The van der Waals surface area contributed by atoms with Crippen LogP contribution in [0.1, 0.15) is 18.1 Å². The zero-order chi connectivity index (χ0) is 21.6. The van der Waals surface area contributed by atoms with Crippen molar-refractivity contribution in [3.05, 3.63) is 90.0 Å². The Kier molecular flexibility index (Phi) is 6.51. The number of nitrogens with one attached hydrogen (secondary N) is 1. The van der Waals surface area contributed by atoms with E-state index in [1.807, 2.05) is 42.5 Å². The van der Waals surface area contributed by atoms with Crippen LogP contribution in [0.25, 0.3) is 11.1 Å². The molecule has 3 aromatic carbocycles. The average Bonchev–Trinajstić information content (AvgIpc) is 2.76. The minimum absolute atomic E-state index is 0.249. The number of carbonyl (C=O) groups is 1. The number of ether oxygens (including phenoxy) is 1. The maximum absolute atomic E-state index is 12.8. The summed E-state index contributed by atoms with van der Waals surface area (Å²) in [6.07, 6.45) is -4.44. The van der Waals surface area contributed by atoms with Gasteiger partial charge in [-0.1, -0.05) is 60.7 Å². The van der Waals surface area contributed by atoms with Gasteiger partial charge in [-0.25, -0.2) is 5.43 Å². The normalized spacial score (nSPS) is 11.8. The largest absolute Gasteiger partial charge is 0.483 e.